The first kappa shape index (κ1) is 8.05. The van der Waals surface area contributed by atoms with E-state index in [9.17, 15) is 4.79 Å². The van der Waals surface area contributed by atoms with Crippen molar-refractivity contribution in [3.63, 3.8) is 0 Å². The molecule has 1 aromatic rings. The average molecular weight is 152 g/mol. The number of furan rings is 1. The largest absolute Gasteiger partial charge is 0.461 e. The smallest absolute Gasteiger partial charge is 0.185 e. The zero-order valence-corrected chi connectivity index (χ0v) is 7.05. The van der Waals surface area contributed by atoms with E-state index in [-0.39, 0.29) is 5.41 Å². The molecule has 0 saturated heterocycles. The van der Waals surface area contributed by atoms with Crippen LogP contribution in [-0.2, 0) is 5.41 Å². The highest BCUT2D eigenvalue weighted by Gasteiger charge is 2.15. The second-order valence-corrected chi connectivity index (χ2v) is 3.61. The van der Waals surface area contributed by atoms with Gasteiger partial charge in [-0.2, -0.15) is 0 Å². The number of hydrogen-bond acceptors (Lipinski definition) is 2. The van der Waals surface area contributed by atoms with Crippen LogP contribution in [0.3, 0.4) is 0 Å². The quantitative estimate of drug-likeness (QED) is 0.578. The third-order valence-electron chi connectivity index (χ3n) is 1.60. The molecule has 0 N–H and O–H groups in total. The lowest BCUT2D eigenvalue weighted by molar-refractivity contribution is 0.110. The van der Waals surface area contributed by atoms with Crippen molar-refractivity contribution in [3.8, 4) is 0 Å². The Morgan fingerprint density at radius 3 is 2.36 bits per heavy atom. The number of carbonyl (C=O) groups is 1. The molecule has 0 bridgehead atoms. The maximum absolute atomic E-state index is 10.3. The van der Waals surface area contributed by atoms with Gasteiger partial charge in [-0.3, -0.25) is 4.79 Å². The highest BCUT2D eigenvalue weighted by atomic mass is 16.3. The van der Waals surface area contributed by atoms with E-state index in [0.29, 0.717) is 5.76 Å². The second kappa shape index (κ2) is 2.53. The minimum atomic E-state index is 0.0603. The van der Waals surface area contributed by atoms with Crippen LogP contribution in [0, 0.1) is 0 Å². The van der Waals surface area contributed by atoms with Gasteiger partial charge in [0.05, 0.1) is 6.26 Å². The molecule has 1 aromatic heterocycles. The van der Waals surface area contributed by atoms with Crippen LogP contribution in [0.2, 0.25) is 0 Å². The Hall–Kier alpha value is -1.05. The lowest BCUT2D eigenvalue weighted by atomic mass is 9.89. The summed E-state index contributed by atoms with van der Waals surface area (Å²) >= 11 is 0. The molecule has 2 nitrogen and oxygen atoms in total. The summed E-state index contributed by atoms with van der Waals surface area (Å²) in [6, 6.07) is 1.77. The van der Waals surface area contributed by atoms with Gasteiger partial charge in [-0.1, -0.05) is 20.8 Å². The fourth-order valence-corrected chi connectivity index (χ4v) is 0.808. The predicted octanol–water partition coefficient (Wildman–Crippen LogP) is 2.39. The monoisotopic (exact) mass is 152 g/mol. The Balaban J connectivity index is 2.98. The van der Waals surface area contributed by atoms with Crippen LogP contribution in [0.25, 0.3) is 0 Å². The van der Waals surface area contributed by atoms with E-state index >= 15 is 0 Å². The molecule has 2 heteroatoms. The maximum Gasteiger partial charge on any atom is 0.185 e. The van der Waals surface area contributed by atoms with Gasteiger partial charge in [0.2, 0.25) is 0 Å². The van der Waals surface area contributed by atoms with Crippen molar-refractivity contribution in [2.45, 2.75) is 26.2 Å². The SMILES string of the molecule is CC(C)(C)c1coc(C=O)c1. The van der Waals surface area contributed by atoms with Gasteiger partial charge in [0.15, 0.2) is 12.0 Å². The molecule has 0 aliphatic rings. The molecule has 0 amide bonds. The summed E-state index contributed by atoms with van der Waals surface area (Å²) in [6.07, 6.45) is 2.35. The molecule has 1 rings (SSSR count). The van der Waals surface area contributed by atoms with Crippen LogP contribution in [0.1, 0.15) is 36.9 Å². The maximum atomic E-state index is 10.3. The molecule has 0 aromatic carbocycles. The van der Waals surface area contributed by atoms with Gasteiger partial charge in [0.25, 0.3) is 0 Å². The van der Waals surface area contributed by atoms with Gasteiger partial charge in [-0.05, 0) is 17.0 Å². The van der Waals surface area contributed by atoms with Crippen molar-refractivity contribution >= 4 is 6.29 Å². The van der Waals surface area contributed by atoms with Crippen LogP contribution in [0.15, 0.2) is 16.7 Å². The van der Waals surface area contributed by atoms with Crippen LogP contribution in [0.5, 0.6) is 0 Å². The minimum Gasteiger partial charge on any atom is -0.461 e. The van der Waals surface area contributed by atoms with Crippen molar-refractivity contribution in [1.29, 1.82) is 0 Å². The molecule has 0 aliphatic heterocycles. The fourth-order valence-electron chi connectivity index (χ4n) is 0.808. The van der Waals surface area contributed by atoms with Gasteiger partial charge in [0.1, 0.15) is 0 Å². The third-order valence-corrected chi connectivity index (χ3v) is 1.60. The zero-order valence-electron chi connectivity index (χ0n) is 7.05. The zero-order chi connectivity index (χ0) is 8.48. The fraction of sp³-hybridized carbons (Fsp3) is 0.444. The predicted molar refractivity (Wildman–Crippen MR) is 42.8 cm³/mol. The van der Waals surface area contributed by atoms with E-state index in [1.54, 1.807) is 12.3 Å². The number of rotatable bonds is 1. The lowest BCUT2D eigenvalue weighted by Gasteiger charge is -2.14. The van der Waals surface area contributed by atoms with Gasteiger partial charge < -0.3 is 4.42 Å². The Morgan fingerprint density at radius 1 is 1.45 bits per heavy atom. The first-order valence-corrected chi connectivity index (χ1v) is 3.58. The number of hydrogen-bond donors (Lipinski definition) is 0. The summed E-state index contributed by atoms with van der Waals surface area (Å²) in [5.41, 5.74) is 1.12. The summed E-state index contributed by atoms with van der Waals surface area (Å²) in [4.78, 5) is 10.3. The Kier molecular flexibility index (Phi) is 1.85. The van der Waals surface area contributed by atoms with Gasteiger partial charge in [0, 0.05) is 0 Å². The number of aldehydes is 1. The molecular weight excluding hydrogens is 140 g/mol. The lowest BCUT2D eigenvalue weighted by Crippen LogP contribution is -2.08. The standard InChI is InChI=1S/C9H12O2/c1-9(2,3)7-4-8(5-10)11-6-7/h4-6H,1-3H3. The first-order chi connectivity index (χ1) is 5.04. The van der Waals surface area contributed by atoms with Crippen LogP contribution in [0.4, 0.5) is 0 Å². The molecule has 0 radical (unpaired) electrons. The normalized spacial score (nSPS) is 11.5. The summed E-state index contributed by atoms with van der Waals surface area (Å²) in [5, 5.41) is 0. The molecule has 0 saturated carbocycles. The van der Waals surface area contributed by atoms with E-state index in [0.717, 1.165) is 11.8 Å². The van der Waals surface area contributed by atoms with Crippen LogP contribution < -0.4 is 0 Å². The molecule has 11 heavy (non-hydrogen) atoms. The molecule has 0 unspecified atom stereocenters. The topological polar surface area (TPSA) is 30.2 Å². The van der Waals surface area contributed by atoms with Crippen molar-refractivity contribution in [2.75, 3.05) is 0 Å². The molecule has 60 valence electrons. The van der Waals surface area contributed by atoms with E-state index in [1.807, 2.05) is 0 Å². The van der Waals surface area contributed by atoms with E-state index in [1.165, 1.54) is 0 Å². The molecule has 0 aliphatic carbocycles. The van der Waals surface area contributed by atoms with Gasteiger partial charge in [-0.15, -0.1) is 0 Å². The van der Waals surface area contributed by atoms with Crippen LogP contribution in [-0.4, -0.2) is 6.29 Å². The van der Waals surface area contributed by atoms with Crippen molar-refractivity contribution in [1.82, 2.24) is 0 Å². The summed E-state index contributed by atoms with van der Waals surface area (Å²) in [6.45, 7) is 6.23. The molecule has 0 spiro atoms. The van der Waals surface area contributed by atoms with E-state index in [4.69, 9.17) is 4.42 Å². The van der Waals surface area contributed by atoms with Gasteiger partial charge >= 0.3 is 0 Å². The summed E-state index contributed by atoms with van der Waals surface area (Å²) < 4.78 is 4.97. The van der Waals surface area contributed by atoms with Crippen LogP contribution >= 0.6 is 0 Å². The second-order valence-electron chi connectivity index (χ2n) is 3.61. The average Bonchev–Trinajstić information content (AvgIpc) is 2.32. The summed E-state index contributed by atoms with van der Waals surface area (Å²) in [7, 11) is 0. The number of carbonyl (C=O) groups excluding carboxylic acids is 1. The summed E-state index contributed by atoms with van der Waals surface area (Å²) in [5.74, 6) is 0.398. The molecule has 0 fully saturated rings. The van der Waals surface area contributed by atoms with Gasteiger partial charge in [-0.25, -0.2) is 0 Å². The van der Waals surface area contributed by atoms with E-state index < -0.39 is 0 Å². The Morgan fingerprint density at radius 2 is 2.09 bits per heavy atom. The minimum absolute atomic E-state index is 0.0603. The molecule has 0 atom stereocenters. The first-order valence-electron chi connectivity index (χ1n) is 3.58. The van der Waals surface area contributed by atoms with Crippen molar-refractivity contribution in [2.24, 2.45) is 0 Å². The molecule has 1 heterocycles. The molecular formula is C9H12O2. The van der Waals surface area contributed by atoms with Crippen molar-refractivity contribution < 1.29 is 9.21 Å². The highest BCUT2D eigenvalue weighted by Crippen LogP contribution is 2.23. The van der Waals surface area contributed by atoms with E-state index in [2.05, 4.69) is 20.8 Å². The Bertz CT molecular complexity index is 253. The Labute approximate surface area is 66.2 Å². The highest BCUT2D eigenvalue weighted by molar-refractivity contribution is 5.70. The van der Waals surface area contributed by atoms with Crippen molar-refractivity contribution in [3.05, 3.63) is 23.7 Å². The third kappa shape index (κ3) is 1.70.